The second-order valence-corrected chi connectivity index (χ2v) is 8.16. The summed E-state index contributed by atoms with van der Waals surface area (Å²) in [6.07, 6.45) is 6.80. The standard InChI is InChI=1S/C25H30N4O/c1-27(24-13-8-15-28(20-24)16-14-21-9-4-2-5-10-21)25(30)23-17-26-29(19-23)18-22-11-6-3-7-12-22/h2-7,9-12,17,19,24H,8,13-16,18,20H2,1H3/t24-/m1/s1. The Morgan fingerprint density at radius 2 is 1.77 bits per heavy atom. The molecule has 1 aliphatic heterocycles. The van der Waals surface area contributed by atoms with Gasteiger partial charge in [-0.15, -0.1) is 0 Å². The molecule has 2 aromatic carbocycles. The average Bonchev–Trinajstić information content (AvgIpc) is 3.27. The minimum atomic E-state index is 0.0595. The van der Waals surface area contributed by atoms with E-state index in [-0.39, 0.29) is 11.9 Å². The van der Waals surface area contributed by atoms with Gasteiger partial charge in [-0.2, -0.15) is 5.10 Å². The first kappa shape index (κ1) is 20.4. The van der Waals surface area contributed by atoms with Crippen LogP contribution >= 0.6 is 0 Å². The van der Waals surface area contributed by atoms with Crippen LogP contribution in [-0.4, -0.2) is 58.2 Å². The Morgan fingerprint density at radius 3 is 2.50 bits per heavy atom. The van der Waals surface area contributed by atoms with E-state index >= 15 is 0 Å². The van der Waals surface area contributed by atoms with Gasteiger partial charge in [0.15, 0.2) is 0 Å². The summed E-state index contributed by atoms with van der Waals surface area (Å²) in [5.41, 5.74) is 3.21. The van der Waals surface area contributed by atoms with Crippen LogP contribution in [0.2, 0.25) is 0 Å². The molecule has 1 saturated heterocycles. The molecule has 0 radical (unpaired) electrons. The lowest BCUT2D eigenvalue weighted by Gasteiger charge is -2.37. The molecule has 0 saturated carbocycles. The van der Waals surface area contributed by atoms with Crippen LogP contribution in [0.25, 0.3) is 0 Å². The number of likely N-dealkylation sites (N-methyl/N-ethyl adjacent to an activating group) is 1. The lowest BCUT2D eigenvalue weighted by molar-refractivity contribution is 0.0619. The van der Waals surface area contributed by atoms with Crippen molar-refractivity contribution in [3.63, 3.8) is 0 Å². The average molecular weight is 403 g/mol. The van der Waals surface area contributed by atoms with Crippen molar-refractivity contribution in [2.24, 2.45) is 0 Å². The van der Waals surface area contributed by atoms with Crippen LogP contribution in [0.5, 0.6) is 0 Å². The van der Waals surface area contributed by atoms with Crippen molar-refractivity contribution in [2.45, 2.75) is 31.8 Å². The molecule has 1 amide bonds. The largest absolute Gasteiger partial charge is 0.337 e. The molecule has 30 heavy (non-hydrogen) atoms. The monoisotopic (exact) mass is 402 g/mol. The van der Waals surface area contributed by atoms with E-state index in [0.29, 0.717) is 12.1 Å². The molecular formula is C25H30N4O. The third-order valence-electron chi connectivity index (χ3n) is 5.98. The van der Waals surface area contributed by atoms with Gasteiger partial charge in [0.25, 0.3) is 5.91 Å². The number of likely N-dealkylation sites (tertiary alicyclic amines) is 1. The van der Waals surface area contributed by atoms with E-state index in [1.54, 1.807) is 6.20 Å². The normalized spacial score (nSPS) is 17.0. The molecule has 2 heterocycles. The van der Waals surface area contributed by atoms with Crippen molar-refractivity contribution in [1.29, 1.82) is 0 Å². The van der Waals surface area contributed by atoms with Crippen LogP contribution in [0.3, 0.4) is 0 Å². The predicted molar refractivity (Wildman–Crippen MR) is 119 cm³/mol. The van der Waals surface area contributed by atoms with E-state index in [1.165, 1.54) is 11.1 Å². The van der Waals surface area contributed by atoms with Gasteiger partial charge in [0.1, 0.15) is 0 Å². The number of aromatic nitrogens is 2. The summed E-state index contributed by atoms with van der Waals surface area (Å²) in [4.78, 5) is 17.5. The minimum Gasteiger partial charge on any atom is -0.337 e. The number of carbonyl (C=O) groups is 1. The van der Waals surface area contributed by atoms with Crippen LogP contribution in [0.1, 0.15) is 34.3 Å². The number of nitrogens with zero attached hydrogens (tertiary/aromatic N) is 4. The van der Waals surface area contributed by atoms with E-state index in [1.807, 2.05) is 41.0 Å². The van der Waals surface area contributed by atoms with Gasteiger partial charge >= 0.3 is 0 Å². The molecule has 5 nitrogen and oxygen atoms in total. The van der Waals surface area contributed by atoms with E-state index in [9.17, 15) is 4.79 Å². The smallest absolute Gasteiger partial charge is 0.257 e. The number of amides is 1. The molecule has 0 unspecified atom stereocenters. The molecule has 0 aliphatic carbocycles. The van der Waals surface area contributed by atoms with E-state index in [2.05, 4.69) is 52.5 Å². The molecule has 0 bridgehead atoms. The second kappa shape index (κ2) is 9.72. The van der Waals surface area contributed by atoms with Gasteiger partial charge in [0.2, 0.25) is 0 Å². The molecule has 0 spiro atoms. The summed E-state index contributed by atoms with van der Waals surface area (Å²) >= 11 is 0. The fraction of sp³-hybridized carbons (Fsp3) is 0.360. The van der Waals surface area contributed by atoms with E-state index in [0.717, 1.165) is 38.9 Å². The Kier molecular flexibility index (Phi) is 6.60. The zero-order chi connectivity index (χ0) is 20.8. The zero-order valence-corrected chi connectivity index (χ0v) is 17.7. The molecule has 0 N–H and O–H groups in total. The van der Waals surface area contributed by atoms with Crippen molar-refractivity contribution in [1.82, 2.24) is 19.6 Å². The molecule has 1 atom stereocenters. The Balaban J connectivity index is 1.33. The topological polar surface area (TPSA) is 41.4 Å². The summed E-state index contributed by atoms with van der Waals surface area (Å²) in [6, 6.07) is 21.1. The number of piperidine rings is 1. The zero-order valence-electron chi connectivity index (χ0n) is 17.7. The van der Waals surface area contributed by atoms with Crippen molar-refractivity contribution in [3.8, 4) is 0 Å². The summed E-state index contributed by atoms with van der Waals surface area (Å²) in [6.45, 7) is 3.76. The van der Waals surface area contributed by atoms with Crippen LogP contribution in [0.4, 0.5) is 0 Å². The van der Waals surface area contributed by atoms with Crippen molar-refractivity contribution in [2.75, 3.05) is 26.7 Å². The van der Waals surface area contributed by atoms with Crippen LogP contribution in [0.15, 0.2) is 73.1 Å². The molecular weight excluding hydrogens is 372 g/mol. The van der Waals surface area contributed by atoms with Gasteiger partial charge in [-0.3, -0.25) is 9.48 Å². The number of rotatable bonds is 7. The second-order valence-electron chi connectivity index (χ2n) is 8.16. The van der Waals surface area contributed by atoms with Gasteiger partial charge in [0.05, 0.1) is 18.3 Å². The summed E-state index contributed by atoms with van der Waals surface area (Å²) in [5, 5.41) is 4.40. The number of benzene rings is 2. The highest BCUT2D eigenvalue weighted by Crippen LogP contribution is 2.18. The first-order chi connectivity index (χ1) is 14.7. The summed E-state index contributed by atoms with van der Waals surface area (Å²) < 4.78 is 1.84. The molecule has 1 aromatic heterocycles. The van der Waals surface area contributed by atoms with Crippen LogP contribution in [-0.2, 0) is 13.0 Å². The highest BCUT2D eigenvalue weighted by Gasteiger charge is 2.27. The third-order valence-corrected chi connectivity index (χ3v) is 5.98. The maximum absolute atomic E-state index is 13.0. The fourth-order valence-corrected chi connectivity index (χ4v) is 4.18. The van der Waals surface area contributed by atoms with E-state index < -0.39 is 0 Å². The van der Waals surface area contributed by atoms with Crippen molar-refractivity contribution >= 4 is 5.91 Å². The maximum atomic E-state index is 13.0. The first-order valence-corrected chi connectivity index (χ1v) is 10.8. The van der Waals surface area contributed by atoms with Gasteiger partial charge in [-0.25, -0.2) is 0 Å². The van der Waals surface area contributed by atoms with Crippen molar-refractivity contribution < 1.29 is 4.79 Å². The predicted octanol–water partition coefficient (Wildman–Crippen LogP) is 3.71. The molecule has 1 aliphatic rings. The van der Waals surface area contributed by atoms with Gasteiger partial charge in [0, 0.05) is 32.4 Å². The van der Waals surface area contributed by atoms with Gasteiger partial charge in [-0.05, 0) is 36.9 Å². The molecule has 3 aromatic rings. The molecule has 5 heteroatoms. The third kappa shape index (κ3) is 5.16. The minimum absolute atomic E-state index is 0.0595. The van der Waals surface area contributed by atoms with Gasteiger partial charge in [-0.1, -0.05) is 60.7 Å². The number of hydrogen-bond acceptors (Lipinski definition) is 3. The first-order valence-electron chi connectivity index (χ1n) is 10.8. The number of carbonyl (C=O) groups excluding carboxylic acids is 1. The summed E-state index contributed by atoms with van der Waals surface area (Å²) in [5.74, 6) is 0.0595. The Morgan fingerprint density at radius 1 is 1.07 bits per heavy atom. The van der Waals surface area contributed by atoms with Crippen LogP contribution < -0.4 is 0 Å². The maximum Gasteiger partial charge on any atom is 0.257 e. The Labute approximate surface area is 178 Å². The quantitative estimate of drug-likeness (QED) is 0.605. The Hall–Kier alpha value is -2.92. The van der Waals surface area contributed by atoms with Crippen molar-refractivity contribution in [3.05, 3.63) is 89.7 Å². The molecule has 1 fully saturated rings. The number of hydrogen-bond donors (Lipinski definition) is 0. The highest BCUT2D eigenvalue weighted by atomic mass is 16.2. The Bertz CT molecular complexity index is 938. The lowest BCUT2D eigenvalue weighted by atomic mass is 10.0. The molecule has 156 valence electrons. The SMILES string of the molecule is CN(C(=O)c1cnn(Cc2ccccc2)c1)[C@@H]1CCCN(CCc2ccccc2)C1. The highest BCUT2D eigenvalue weighted by molar-refractivity contribution is 5.93. The summed E-state index contributed by atoms with van der Waals surface area (Å²) in [7, 11) is 1.93. The van der Waals surface area contributed by atoms with Gasteiger partial charge < -0.3 is 9.80 Å². The fourth-order valence-electron chi connectivity index (χ4n) is 4.18. The van der Waals surface area contributed by atoms with Crippen LogP contribution in [0, 0.1) is 0 Å². The van der Waals surface area contributed by atoms with E-state index in [4.69, 9.17) is 0 Å². The lowest BCUT2D eigenvalue weighted by Crippen LogP contribution is -2.48. The molecule has 4 rings (SSSR count).